The Morgan fingerprint density at radius 3 is 2.22 bits per heavy atom. The van der Waals surface area contributed by atoms with E-state index in [1.54, 1.807) is 0 Å². The average molecular weight is 347 g/mol. The van der Waals surface area contributed by atoms with Crippen molar-refractivity contribution in [1.29, 1.82) is 0 Å². The van der Waals surface area contributed by atoms with Gasteiger partial charge in [-0.05, 0) is 47.8 Å². The van der Waals surface area contributed by atoms with Gasteiger partial charge in [-0.3, -0.25) is 0 Å². The van der Waals surface area contributed by atoms with Gasteiger partial charge >= 0.3 is 0 Å². The first-order valence-corrected chi connectivity index (χ1v) is 8.71. The Labute approximate surface area is 149 Å². The minimum absolute atomic E-state index is 0.179. The van der Waals surface area contributed by atoms with E-state index in [1.807, 2.05) is 24.3 Å². The Hall–Kier alpha value is -1.58. The summed E-state index contributed by atoms with van der Waals surface area (Å²) in [6, 6.07) is 16.5. The van der Waals surface area contributed by atoms with Crippen LogP contribution in [-0.4, -0.2) is 5.11 Å². The van der Waals surface area contributed by atoms with Gasteiger partial charge in [-0.15, -0.1) is 0 Å². The predicted molar refractivity (Wildman–Crippen MR) is 104 cm³/mol. The zero-order chi connectivity index (χ0) is 16.8. The van der Waals surface area contributed by atoms with Crippen molar-refractivity contribution in [2.75, 3.05) is 5.32 Å². The van der Waals surface area contributed by atoms with Crippen molar-refractivity contribution in [3.8, 4) is 0 Å². The number of halogens is 1. The average Bonchev–Trinajstić information content (AvgIpc) is 2.55. The maximum atomic E-state index is 6.15. The van der Waals surface area contributed by atoms with Gasteiger partial charge in [-0.1, -0.05) is 68.8 Å². The highest BCUT2D eigenvalue weighted by molar-refractivity contribution is 7.80. The number of benzene rings is 2. The fourth-order valence-electron chi connectivity index (χ4n) is 2.41. The molecule has 0 fully saturated rings. The van der Waals surface area contributed by atoms with Gasteiger partial charge < -0.3 is 10.6 Å². The number of thiocarbonyl (C=S) groups is 1. The van der Waals surface area contributed by atoms with Gasteiger partial charge in [-0.25, -0.2) is 0 Å². The molecule has 0 aliphatic rings. The molecule has 1 atom stereocenters. The summed E-state index contributed by atoms with van der Waals surface area (Å²) in [6.45, 7) is 6.55. The Morgan fingerprint density at radius 2 is 1.65 bits per heavy atom. The summed E-state index contributed by atoms with van der Waals surface area (Å²) in [6.07, 6.45) is 0.950. The second-order valence-corrected chi connectivity index (χ2v) is 6.68. The van der Waals surface area contributed by atoms with E-state index in [2.05, 4.69) is 55.7 Å². The molecule has 1 unspecified atom stereocenters. The van der Waals surface area contributed by atoms with Crippen LogP contribution in [0.25, 0.3) is 0 Å². The molecule has 2 aromatic rings. The van der Waals surface area contributed by atoms with Crippen molar-refractivity contribution in [2.24, 2.45) is 0 Å². The van der Waals surface area contributed by atoms with Crippen molar-refractivity contribution >= 4 is 34.6 Å². The number of para-hydroxylation sites is 1. The molecule has 2 aromatic carbocycles. The lowest BCUT2D eigenvalue weighted by molar-refractivity contribution is 0.628. The number of nitrogens with one attached hydrogen (secondary N) is 2. The Balaban J connectivity index is 2.04. The topological polar surface area (TPSA) is 24.1 Å². The molecule has 122 valence electrons. The van der Waals surface area contributed by atoms with Crippen LogP contribution in [0, 0.1) is 0 Å². The third-order valence-electron chi connectivity index (χ3n) is 3.84. The minimum atomic E-state index is 0.179. The highest BCUT2D eigenvalue weighted by Crippen LogP contribution is 2.23. The summed E-state index contributed by atoms with van der Waals surface area (Å²) < 4.78 is 0. The standard InChI is InChI=1S/C19H23ClN2S/c1-4-17(15-11-9-14(10-12-15)13(2)3)21-19(23)22-18-8-6-5-7-16(18)20/h5-13,17H,4H2,1-3H3,(H2,21,22,23). The normalized spacial score (nSPS) is 12.0. The largest absolute Gasteiger partial charge is 0.356 e. The molecule has 0 saturated carbocycles. The van der Waals surface area contributed by atoms with Gasteiger partial charge in [0.05, 0.1) is 16.8 Å². The van der Waals surface area contributed by atoms with Crippen LogP contribution in [0.15, 0.2) is 48.5 Å². The van der Waals surface area contributed by atoms with Gasteiger partial charge in [0.1, 0.15) is 0 Å². The predicted octanol–water partition coefficient (Wildman–Crippen LogP) is 5.90. The van der Waals surface area contributed by atoms with E-state index >= 15 is 0 Å². The van der Waals surface area contributed by atoms with E-state index in [-0.39, 0.29) is 6.04 Å². The summed E-state index contributed by atoms with van der Waals surface area (Å²) in [7, 11) is 0. The lowest BCUT2D eigenvalue weighted by Crippen LogP contribution is -2.32. The van der Waals surface area contributed by atoms with Gasteiger partial charge in [0, 0.05) is 0 Å². The molecule has 0 aromatic heterocycles. The fraction of sp³-hybridized carbons (Fsp3) is 0.316. The molecular weight excluding hydrogens is 324 g/mol. The van der Waals surface area contributed by atoms with E-state index < -0.39 is 0 Å². The van der Waals surface area contributed by atoms with Crippen molar-refractivity contribution in [3.63, 3.8) is 0 Å². The third kappa shape index (κ3) is 4.95. The lowest BCUT2D eigenvalue weighted by atomic mass is 9.98. The summed E-state index contributed by atoms with van der Waals surface area (Å²) in [4.78, 5) is 0. The van der Waals surface area contributed by atoms with Crippen LogP contribution in [0.1, 0.15) is 50.3 Å². The van der Waals surface area contributed by atoms with Crippen LogP contribution < -0.4 is 10.6 Å². The van der Waals surface area contributed by atoms with Crippen molar-refractivity contribution < 1.29 is 0 Å². The molecule has 0 spiro atoms. The summed E-state index contributed by atoms with van der Waals surface area (Å²) in [5, 5.41) is 7.77. The number of hydrogen-bond acceptors (Lipinski definition) is 1. The molecule has 2 nitrogen and oxygen atoms in total. The van der Waals surface area contributed by atoms with Gasteiger partial charge in [0.2, 0.25) is 0 Å². The molecule has 2 N–H and O–H groups in total. The quantitative estimate of drug-likeness (QED) is 0.659. The van der Waals surface area contributed by atoms with Crippen LogP contribution in [0.5, 0.6) is 0 Å². The van der Waals surface area contributed by atoms with Gasteiger partial charge in [-0.2, -0.15) is 0 Å². The van der Waals surface area contributed by atoms with Crippen molar-refractivity contribution in [1.82, 2.24) is 5.32 Å². The highest BCUT2D eigenvalue weighted by Gasteiger charge is 2.12. The Bertz CT molecular complexity index is 653. The van der Waals surface area contributed by atoms with E-state index in [9.17, 15) is 0 Å². The summed E-state index contributed by atoms with van der Waals surface area (Å²) >= 11 is 11.6. The molecule has 0 aliphatic heterocycles. The van der Waals surface area contributed by atoms with Crippen LogP contribution >= 0.6 is 23.8 Å². The first-order valence-electron chi connectivity index (χ1n) is 7.93. The second-order valence-electron chi connectivity index (χ2n) is 5.86. The molecule has 4 heteroatoms. The molecule has 23 heavy (non-hydrogen) atoms. The second kappa shape index (κ2) is 8.32. The monoisotopic (exact) mass is 346 g/mol. The first kappa shape index (κ1) is 17.8. The summed E-state index contributed by atoms with van der Waals surface area (Å²) in [5.41, 5.74) is 3.40. The van der Waals surface area contributed by atoms with E-state index in [4.69, 9.17) is 23.8 Å². The molecular formula is C19H23ClN2S. The molecule has 2 rings (SSSR count). The minimum Gasteiger partial charge on any atom is -0.356 e. The van der Waals surface area contributed by atoms with Gasteiger partial charge in [0.25, 0.3) is 0 Å². The number of anilines is 1. The number of rotatable bonds is 5. The Morgan fingerprint density at radius 1 is 1.04 bits per heavy atom. The van der Waals surface area contributed by atoms with Crippen LogP contribution in [-0.2, 0) is 0 Å². The molecule has 0 bridgehead atoms. The SMILES string of the molecule is CCC(NC(=S)Nc1ccccc1Cl)c1ccc(C(C)C)cc1. The molecule has 0 amide bonds. The van der Waals surface area contributed by atoms with Crippen LogP contribution in [0.3, 0.4) is 0 Å². The van der Waals surface area contributed by atoms with Crippen LogP contribution in [0.2, 0.25) is 5.02 Å². The van der Waals surface area contributed by atoms with Crippen molar-refractivity contribution in [3.05, 3.63) is 64.7 Å². The molecule has 0 saturated heterocycles. The Kier molecular flexibility index (Phi) is 6.43. The lowest BCUT2D eigenvalue weighted by Gasteiger charge is -2.21. The van der Waals surface area contributed by atoms with Crippen molar-refractivity contribution in [2.45, 2.75) is 39.2 Å². The first-order chi connectivity index (χ1) is 11.0. The zero-order valence-corrected chi connectivity index (χ0v) is 15.3. The van der Waals surface area contributed by atoms with E-state index in [1.165, 1.54) is 11.1 Å². The molecule has 0 aliphatic carbocycles. The maximum Gasteiger partial charge on any atom is 0.171 e. The highest BCUT2D eigenvalue weighted by atomic mass is 35.5. The third-order valence-corrected chi connectivity index (χ3v) is 4.39. The smallest absolute Gasteiger partial charge is 0.171 e. The maximum absolute atomic E-state index is 6.15. The van der Waals surface area contributed by atoms with E-state index in [0.717, 1.165) is 12.1 Å². The zero-order valence-electron chi connectivity index (χ0n) is 13.8. The fourth-order valence-corrected chi connectivity index (χ4v) is 2.85. The number of hydrogen-bond donors (Lipinski definition) is 2. The van der Waals surface area contributed by atoms with Gasteiger partial charge in [0.15, 0.2) is 5.11 Å². The molecule has 0 heterocycles. The molecule has 0 radical (unpaired) electrons. The summed E-state index contributed by atoms with van der Waals surface area (Å²) in [5.74, 6) is 0.542. The van der Waals surface area contributed by atoms with E-state index in [0.29, 0.717) is 16.1 Å². The van der Waals surface area contributed by atoms with Crippen LogP contribution in [0.4, 0.5) is 5.69 Å².